The van der Waals surface area contributed by atoms with Gasteiger partial charge in [0.15, 0.2) is 0 Å². The molecule has 0 atom stereocenters. The molecule has 0 saturated carbocycles. The minimum Gasteiger partial charge on any atom is -0.356 e. The van der Waals surface area contributed by atoms with E-state index in [1.807, 2.05) is 0 Å². The Labute approximate surface area is 57.7 Å². The van der Waals surface area contributed by atoms with Gasteiger partial charge in [-0.05, 0) is 11.6 Å². The number of likely N-dealkylation sites (N-methyl/N-ethyl adjacent to an activating group) is 1. The van der Waals surface area contributed by atoms with Crippen LogP contribution < -0.4 is 5.32 Å². The van der Waals surface area contributed by atoms with E-state index in [-0.39, 0.29) is 5.91 Å². The van der Waals surface area contributed by atoms with Crippen LogP contribution in [0.2, 0.25) is 0 Å². The predicted octanol–water partition coefficient (Wildman–Crippen LogP) is 0.0540. The third kappa shape index (κ3) is 5.03. The first kappa shape index (κ1) is 8.17. The zero-order valence-electron chi connectivity index (χ0n) is 4.85. The second kappa shape index (κ2) is 4.09. The number of hydrogen-bond donors (Lipinski definition) is 1. The minimum absolute atomic E-state index is 0.344. The number of allylic oxidation sites excluding steroid dienone is 1. The fourth-order valence-electron chi connectivity index (χ4n) is 0.225. The summed E-state index contributed by atoms with van der Waals surface area (Å²) < 4.78 is 0. The van der Waals surface area contributed by atoms with Gasteiger partial charge in [0.05, 0.1) is 0 Å². The Morgan fingerprint density at radius 3 is 2.33 bits per heavy atom. The zero-order chi connectivity index (χ0) is 7.28. The second-order valence-corrected chi connectivity index (χ2v) is 1.62. The van der Waals surface area contributed by atoms with Crippen molar-refractivity contribution in [3.8, 4) is 0 Å². The summed E-state index contributed by atoms with van der Waals surface area (Å²) in [5.41, 5.74) is 0. The molecule has 0 fully saturated rings. The fourth-order valence-corrected chi connectivity index (χ4v) is 0.288. The molecule has 0 aromatic heterocycles. The number of hydrogen-bond acceptors (Lipinski definition) is 2. The van der Waals surface area contributed by atoms with Gasteiger partial charge in [-0.2, -0.15) is 0 Å². The van der Waals surface area contributed by atoms with Crippen molar-refractivity contribution in [2.75, 3.05) is 7.05 Å². The minimum atomic E-state index is -0.654. The van der Waals surface area contributed by atoms with Crippen molar-refractivity contribution in [3.63, 3.8) is 0 Å². The smallest absolute Gasteiger partial charge is 0.245 e. The van der Waals surface area contributed by atoms with Crippen molar-refractivity contribution in [2.45, 2.75) is 0 Å². The third-order valence-corrected chi connectivity index (χ3v) is 0.738. The van der Waals surface area contributed by atoms with Crippen molar-refractivity contribution in [3.05, 3.63) is 12.2 Å². The van der Waals surface area contributed by atoms with E-state index in [0.29, 0.717) is 0 Å². The van der Waals surface area contributed by atoms with Gasteiger partial charge >= 0.3 is 0 Å². The van der Waals surface area contributed by atoms with Crippen molar-refractivity contribution in [1.29, 1.82) is 0 Å². The fraction of sp³-hybridized carbons (Fsp3) is 0.200. The number of carbonyl (C=O) groups excluding carboxylic acids is 2. The maximum absolute atomic E-state index is 10.3. The highest BCUT2D eigenvalue weighted by Gasteiger charge is 1.89. The van der Waals surface area contributed by atoms with E-state index in [2.05, 4.69) is 5.32 Å². The van der Waals surface area contributed by atoms with Gasteiger partial charge in [0.2, 0.25) is 11.1 Å². The van der Waals surface area contributed by atoms with Gasteiger partial charge < -0.3 is 5.32 Å². The molecule has 0 heterocycles. The van der Waals surface area contributed by atoms with Crippen LogP contribution >= 0.6 is 11.6 Å². The predicted molar refractivity (Wildman–Crippen MR) is 34.1 cm³/mol. The molecular formula is C5H6ClNO2. The summed E-state index contributed by atoms with van der Waals surface area (Å²) in [7, 11) is 1.46. The Morgan fingerprint density at radius 1 is 1.44 bits per heavy atom. The Morgan fingerprint density at radius 2 is 2.00 bits per heavy atom. The van der Waals surface area contributed by atoms with Crippen LogP contribution in [0.3, 0.4) is 0 Å². The van der Waals surface area contributed by atoms with Crippen LogP contribution in [0.4, 0.5) is 0 Å². The van der Waals surface area contributed by atoms with Gasteiger partial charge in [0.1, 0.15) is 0 Å². The third-order valence-electron chi connectivity index (χ3n) is 0.612. The summed E-state index contributed by atoms with van der Waals surface area (Å²) in [6.45, 7) is 0. The molecule has 0 aromatic rings. The molecule has 0 unspecified atom stereocenters. The molecular weight excluding hydrogens is 142 g/mol. The molecule has 0 bridgehead atoms. The summed E-state index contributed by atoms with van der Waals surface area (Å²) in [4.78, 5) is 20.3. The Hall–Kier alpha value is -0.830. The maximum atomic E-state index is 10.3. The summed E-state index contributed by atoms with van der Waals surface area (Å²) >= 11 is 4.87. The summed E-state index contributed by atoms with van der Waals surface area (Å²) in [5.74, 6) is -0.344. The van der Waals surface area contributed by atoms with E-state index in [1.165, 1.54) is 7.05 Å². The van der Waals surface area contributed by atoms with Gasteiger partial charge in [-0.3, -0.25) is 9.59 Å². The normalized spacial score (nSPS) is 9.56. The number of rotatable bonds is 2. The molecule has 0 radical (unpaired) electrons. The Bertz CT molecular complexity index is 153. The van der Waals surface area contributed by atoms with E-state index < -0.39 is 5.24 Å². The molecule has 3 nitrogen and oxygen atoms in total. The Kier molecular flexibility index (Phi) is 3.71. The van der Waals surface area contributed by atoms with Crippen LogP contribution in [0.1, 0.15) is 0 Å². The number of nitrogens with one attached hydrogen (secondary N) is 1. The largest absolute Gasteiger partial charge is 0.356 e. The molecule has 0 saturated heterocycles. The van der Waals surface area contributed by atoms with Gasteiger partial charge in [-0.1, -0.05) is 0 Å². The quantitative estimate of drug-likeness (QED) is 0.443. The lowest BCUT2D eigenvalue weighted by atomic mass is 10.5. The first-order valence-corrected chi connectivity index (χ1v) is 2.64. The van der Waals surface area contributed by atoms with Crippen molar-refractivity contribution >= 4 is 22.8 Å². The lowest BCUT2D eigenvalue weighted by Crippen LogP contribution is -2.14. The topological polar surface area (TPSA) is 46.2 Å². The molecule has 4 heteroatoms. The average Bonchev–Trinajstić information content (AvgIpc) is 1.83. The van der Waals surface area contributed by atoms with E-state index in [1.54, 1.807) is 0 Å². The number of carbonyl (C=O) groups is 2. The molecule has 0 aliphatic heterocycles. The van der Waals surface area contributed by atoms with E-state index >= 15 is 0 Å². The van der Waals surface area contributed by atoms with E-state index in [0.717, 1.165) is 12.2 Å². The van der Waals surface area contributed by atoms with E-state index in [4.69, 9.17) is 11.6 Å². The average molecular weight is 148 g/mol. The standard InChI is InChI=1S/C5H6ClNO2/c1-7-5(9)3-2-4(6)8/h2-3H,1H3,(H,7,9)/b3-2+. The lowest BCUT2D eigenvalue weighted by Gasteiger charge is -1.85. The van der Waals surface area contributed by atoms with Crippen LogP contribution in [0.25, 0.3) is 0 Å². The summed E-state index contributed by atoms with van der Waals surface area (Å²) in [6, 6.07) is 0. The summed E-state index contributed by atoms with van der Waals surface area (Å²) in [5, 5.41) is 1.63. The number of amides is 1. The molecule has 0 aromatic carbocycles. The molecule has 0 rings (SSSR count). The van der Waals surface area contributed by atoms with Crippen LogP contribution in [-0.4, -0.2) is 18.2 Å². The second-order valence-electron chi connectivity index (χ2n) is 1.25. The monoisotopic (exact) mass is 147 g/mol. The molecule has 1 amide bonds. The molecule has 1 N–H and O–H groups in total. The van der Waals surface area contributed by atoms with Crippen LogP contribution in [0.15, 0.2) is 12.2 Å². The first-order chi connectivity index (χ1) is 4.16. The molecule has 0 aliphatic rings. The van der Waals surface area contributed by atoms with Crippen LogP contribution in [0, 0.1) is 0 Å². The van der Waals surface area contributed by atoms with E-state index in [9.17, 15) is 9.59 Å². The van der Waals surface area contributed by atoms with Gasteiger partial charge in [-0.15, -0.1) is 0 Å². The van der Waals surface area contributed by atoms with Gasteiger partial charge in [0.25, 0.3) is 0 Å². The highest BCUT2D eigenvalue weighted by atomic mass is 35.5. The summed E-state index contributed by atoms with van der Waals surface area (Å²) in [6.07, 6.45) is 2.05. The van der Waals surface area contributed by atoms with Crippen molar-refractivity contribution < 1.29 is 9.59 Å². The highest BCUT2D eigenvalue weighted by Crippen LogP contribution is 1.80. The van der Waals surface area contributed by atoms with Crippen molar-refractivity contribution in [2.24, 2.45) is 0 Å². The molecule has 9 heavy (non-hydrogen) atoms. The van der Waals surface area contributed by atoms with Crippen LogP contribution in [0.5, 0.6) is 0 Å². The Balaban J connectivity index is 3.71. The molecule has 0 spiro atoms. The van der Waals surface area contributed by atoms with Gasteiger partial charge in [-0.25, -0.2) is 0 Å². The SMILES string of the molecule is CNC(=O)/C=C/C(=O)Cl. The molecule has 0 aliphatic carbocycles. The lowest BCUT2D eigenvalue weighted by molar-refractivity contribution is -0.116. The van der Waals surface area contributed by atoms with Crippen molar-refractivity contribution in [1.82, 2.24) is 5.32 Å². The first-order valence-electron chi connectivity index (χ1n) is 2.26. The number of halogens is 1. The highest BCUT2D eigenvalue weighted by molar-refractivity contribution is 6.66. The van der Waals surface area contributed by atoms with Crippen LogP contribution in [-0.2, 0) is 9.59 Å². The maximum Gasteiger partial charge on any atom is 0.245 e. The van der Waals surface area contributed by atoms with Gasteiger partial charge in [0, 0.05) is 19.2 Å². The zero-order valence-corrected chi connectivity index (χ0v) is 5.61. The molecule has 50 valence electrons.